The van der Waals surface area contributed by atoms with E-state index in [1.165, 1.54) is 19.9 Å². The molecule has 7 nitrogen and oxygen atoms in total. The van der Waals surface area contributed by atoms with Gasteiger partial charge in [0, 0.05) is 0 Å². The third-order valence-corrected chi connectivity index (χ3v) is 7.58. The van der Waals surface area contributed by atoms with Crippen molar-refractivity contribution in [1.29, 1.82) is 5.26 Å². The number of amides is 1. The van der Waals surface area contributed by atoms with Gasteiger partial charge < -0.3 is 18.8 Å². The van der Waals surface area contributed by atoms with Gasteiger partial charge in [-0.2, -0.15) is 5.26 Å². The predicted octanol–water partition coefficient (Wildman–Crippen LogP) is 4.40. The number of nitrogens with zero attached hydrogens (tertiary/aromatic N) is 3. The van der Waals surface area contributed by atoms with Crippen LogP contribution in [0.2, 0.25) is 0 Å². The van der Waals surface area contributed by atoms with Crippen LogP contribution in [0.5, 0.6) is 0 Å². The average Bonchev–Trinajstić information content (AvgIpc) is 3.12. The average molecular weight is 481 g/mol. The first kappa shape index (κ1) is 26.1. The number of carbonyl (C=O) groups excluding carboxylic acids is 1. The first-order chi connectivity index (χ1) is 14.8. The van der Waals surface area contributed by atoms with Crippen molar-refractivity contribution in [3.8, 4) is 6.07 Å². The second kappa shape index (κ2) is 10.2. The number of halogens is 1. The number of aliphatic hydroxyl groups is 2. The number of benzene rings is 1. The molecule has 2 aromatic rings. The summed E-state index contributed by atoms with van der Waals surface area (Å²) in [5, 5.41) is 29.2. The minimum absolute atomic E-state index is 0.0782. The Labute approximate surface area is 193 Å². The molecule has 0 aliphatic carbocycles. The van der Waals surface area contributed by atoms with Gasteiger partial charge in [-0.1, -0.05) is 27.7 Å². The quantitative estimate of drug-likeness (QED) is 0.566. The van der Waals surface area contributed by atoms with E-state index >= 15 is 0 Å². The molecular weight excluding hydrogens is 453 g/mol. The predicted molar refractivity (Wildman–Crippen MR) is 120 cm³/mol. The maximum Gasteiger partial charge on any atom is 0.227 e. The summed E-state index contributed by atoms with van der Waals surface area (Å²) in [7, 11) is -2.14. The van der Waals surface area contributed by atoms with Crippen molar-refractivity contribution < 1.29 is 23.6 Å². The molecule has 1 aromatic carbocycles. The summed E-state index contributed by atoms with van der Waals surface area (Å²) in [6.07, 6.45) is -0.277. The van der Waals surface area contributed by atoms with Gasteiger partial charge in [-0.3, -0.25) is 4.79 Å². The number of hydrogen-bond acceptors (Lipinski definition) is 8. The molecular formula is C22H27FN3O4S2-. The highest BCUT2D eigenvalue weighted by atomic mass is 32.2. The SMILES string of the molecule is CC(C)c1cc(C#N)c(F)c(C(C)C)c1CC(=O)N=[S-](=O)c1sc(C(C)(C)O)nc1CO. The van der Waals surface area contributed by atoms with Crippen LogP contribution < -0.4 is 0 Å². The van der Waals surface area contributed by atoms with E-state index in [9.17, 15) is 28.9 Å². The third-order valence-electron chi connectivity index (χ3n) is 4.77. The second-order valence-corrected chi connectivity index (χ2v) is 10.9. The molecule has 2 rings (SSSR count). The van der Waals surface area contributed by atoms with Crippen molar-refractivity contribution in [2.75, 3.05) is 0 Å². The molecule has 10 heteroatoms. The molecule has 1 aromatic heterocycles. The van der Waals surface area contributed by atoms with Gasteiger partial charge >= 0.3 is 0 Å². The van der Waals surface area contributed by atoms with Crippen LogP contribution in [0.25, 0.3) is 0 Å². The van der Waals surface area contributed by atoms with Gasteiger partial charge in [0.15, 0.2) is 0 Å². The van der Waals surface area contributed by atoms with Gasteiger partial charge in [0.05, 0.1) is 24.3 Å². The number of rotatable bonds is 7. The van der Waals surface area contributed by atoms with Gasteiger partial charge in [-0.15, -0.1) is 21.9 Å². The summed E-state index contributed by atoms with van der Waals surface area (Å²) in [4.78, 5) is 16.8. The Morgan fingerprint density at radius 1 is 1.34 bits per heavy atom. The first-order valence-electron chi connectivity index (χ1n) is 10.1. The zero-order valence-electron chi connectivity index (χ0n) is 18.9. The lowest BCUT2D eigenvalue weighted by Crippen LogP contribution is -2.14. The molecule has 0 fully saturated rings. The lowest BCUT2D eigenvalue weighted by molar-refractivity contribution is -0.117. The molecule has 0 unspecified atom stereocenters. The van der Waals surface area contributed by atoms with Crippen LogP contribution in [-0.4, -0.2) is 21.1 Å². The summed E-state index contributed by atoms with van der Waals surface area (Å²) in [6, 6.07) is 3.32. The largest absolute Gasteiger partial charge is 0.439 e. The molecule has 32 heavy (non-hydrogen) atoms. The molecule has 2 N–H and O–H groups in total. The lowest BCUT2D eigenvalue weighted by Gasteiger charge is -2.21. The van der Waals surface area contributed by atoms with Crippen molar-refractivity contribution in [3.63, 3.8) is 0 Å². The molecule has 1 amide bonds. The van der Waals surface area contributed by atoms with Crippen LogP contribution in [0, 0.1) is 17.1 Å². The fourth-order valence-corrected chi connectivity index (χ4v) is 5.38. The Bertz CT molecular complexity index is 1150. The van der Waals surface area contributed by atoms with Crippen molar-refractivity contribution in [2.45, 2.75) is 76.2 Å². The molecule has 0 aliphatic heterocycles. The van der Waals surface area contributed by atoms with Gasteiger partial charge in [-0.25, -0.2) is 9.37 Å². The van der Waals surface area contributed by atoms with Crippen LogP contribution in [0.15, 0.2) is 14.6 Å². The van der Waals surface area contributed by atoms with E-state index in [1.54, 1.807) is 13.8 Å². The number of aromatic nitrogens is 1. The van der Waals surface area contributed by atoms with Crippen molar-refractivity contribution >= 4 is 27.8 Å². The summed E-state index contributed by atoms with van der Waals surface area (Å²) in [5.41, 5.74) is 0.0857. The molecule has 0 saturated heterocycles. The molecule has 0 saturated carbocycles. The highest BCUT2D eigenvalue weighted by Crippen LogP contribution is 2.33. The lowest BCUT2D eigenvalue weighted by atomic mass is 9.85. The van der Waals surface area contributed by atoms with Crippen LogP contribution in [0.4, 0.5) is 4.39 Å². The molecule has 174 valence electrons. The maximum atomic E-state index is 14.9. The van der Waals surface area contributed by atoms with E-state index in [-0.39, 0.29) is 44.3 Å². The normalized spacial score (nSPS) is 13.1. The molecule has 0 spiro atoms. The molecule has 0 aliphatic rings. The Kier molecular flexibility index (Phi) is 8.28. The van der Waals surface area contributed by atoms with Crippen LogP contribution in [0.3, 0.4) is 0 Å². The highest BCUT2D eigenvalue weighted by Gasteiger charge is 2.24. The van der Waals surface area contributed by atoms with Gasteiger partial charge in [-0.05, 0) is 52.6 Å². The number of hydrogen-bond donors (Lipinski definition) is 2. The minimum atomic E-state index is -2.14. The number of nitriles is 1. The van der Waals surface area contributed by atoms with Gasteiger partial charge in [0.1, 0.15) is 22.5 Å². The minimum Gasteiger partial charge on any atom is -0.439 e. The van der Waals surface area contributed by atoms with E-state index in [1.807, 2.05) is 19.9 Å². The second-order valence-electron chi connectivity index (χ2n) is 8.52. The van der Waals surface area contributed by atoms with Gasteiger partial charge in [0.2, 0.25) is 5.91 Å². The van der Waals surface area contributed by atoms with Crippen molar-refractivity contribution in [1.82, 2.24) is 4.98 Å². The Morgan fingerprint density at radius 2 is 1.97 bits per heavy atom. The van der Waals surface area contributed by atoms with E-state index in [0.29, 0.717) is 11.1 Å². The first-order valence-corrected chi connectivity index (χ1v) is 12.0. The topological polar surface area (TPSA) is 124 Å². The number of aliphatic hydroxyl groups excluding tert-OH is 1. The van der Waals surface area contributed by atoms with E-state index < -0.39 is 34.5 Å². The zero-order chi connectivity index (χ0) is 24.4. The van der Waals surface area contributed by atoms with Crippen molar-refractivity contribution in [2.24, 2.45) is 4.36 Å². The van der Waals surface area contributed by atoms with E-state index in [0.717, 1.165) is 11.3 Å². The standard InChI is InChI=1S/C22H27FN3O4S2/c1-11(2)14-7-13(9-24)19(23)18(12(3)4)15(14)8-17(28)26-32(30)20-16(10-27)25-21(31-20)22(5,6)29/h7,11-12,27,29H,8,10H2,1-6H3/q-1. The summed E-state index contributed by atoms with van der Waals surface area (Å²) >= 11 is 0.908. The Balaban J connectivity index is 2.53. The number of carbonyl (C=O) groups is 1. The van der Waals surface area contributed by atoms with E-state index in [2.05, 4.69) is 9.35 Å². The molecule has 0 radical (unpaired) electrons. The van der Waals surface area contributed by atoms with Crippen LogP contribution in [0.1, 0.15) is 86.3 Å². The Morgan fingerprint density at radius 3 is 2.44 bits per heavy atom. The smallest absolute Gasteiger partial charge is 0.227 e. The third kappa shape index (κ3) is 5.59. The van der Waals surface area contributed by atoms with Crippen molar-refractivity contribution in [3.05, 3.63) is 44.8 Å². The maximum absolute atomic E-state index is 14.9. The number of thiazole rings is 1. The monoisotopic (exact) mass is 480 g/mol. The van der Waals surface area contributed by atoms with Crippen LogP contribution in [-0.2, 0) is 38.2 Å². The Hall–Kier alpha value is -2.19. The van der Waals surface area contributed by atoms with E-state index in [4.69, 9.17) is 0 Å². The van der Waals surface area contributed by atoms with Crippen LogP contribution >= 0.6 is 11.3 Å². The summed E-state index contributed by atoms with van der Waals surface area (Å²) in [5.74, 6) is -1.75. The fourth-order valence-electron chi connectivity index (χ4n) is 3.29. The van der Waals surface area contributed by atoms with Gasteiger partial charge in [0.25, 0.3) is 0 Å². The molecule has 0 bridgehead atoms. The molecule has 0 atom stereocenters. The fraction of sp³-hybridized carbons (Fsp3) is 0.500. The summed E-state index contributed by atoms with van der Waals surface area (Å²) in [6.45, 7) is 9.79. The zero-order valence-corrected chi connectivity index (χ0v) is 20.5. The highest BCUT2D eigenvalue weighted by molar-refractivity contribution is 7.78. The summed E-state index contributed by atoms with van der Waals surface area (Å²) < 4.78 is 31.5. The molecule has 1 heterocycles.